The van der Waals surface area contributed by atoms with Crippen LogP contribution in [0, 0.1) is 0 Å². The van der Waals surface area contributed by atoms with Gasteiger partial charge in [0.2, 0.25) is 0 Å². The summed E-state index contributed by atoms with van der Waals surface area (Å²) in [6, 6.07) is 41.7. The van der Waals surface area contributed by atoms with Crippen LogP contribution in [0.2, 0.25) is 0 Å². The molecule has 0 radical (unpaired) electrons. The molecule has 5 aromatic rings. The summed E-state index contributed by atoms with van der Waals surface area (Å²) in [4.78, 5) is 59.0. The summed E-state index contributed by atoms with van der Waals surface area (Å²) < 4.78 is 23.3. The largest absolute Gasteiger partial charge is 0.458 e. The summed E-state index contributed by atoms with van der Waals surface area (Å²) in [6.07, 6.45) is -3.46. The van der Waals surface area contributed by atoms with Crippen molar-refractivity contribution in [3.05, 3.63) is 179 Å². The van der Waals surface area contributed by atoms with Crippen molar-refractivity contribution in [1.82, 2.24) is 0 Å². The topological polar surface area (TPSA) is 127 Å². The molecule has 252 valence electrons. The lowest BCUT2D eigenvalue weighted by Gasteiger charge is -2.30. The Morgan fingerprint density at radius 1 is 0.500 bits per heavy atom. The molecule has 0 aromatic heterocycles. The van der Waals surface area contributed by atoms with Crippen molar-refractivity contribution in [2.75, 3.05) is 6.61 Å². The molecule has 0 fully saturated rings. The van der Waals surface area contributed by atoms with Gasteiger partial charge in [-0.2, -0.15) is 0 Å². The molecular formula is C40H33NO9. The number of nitrogens with zero attached hydrogens (tertiary/aromatic N) is 1. The van der Waals surface area contributed by atoms with Gasteiger partial charge in [-0.05, 0) is 54.1 Å². The van der Waals surface area contributed by atoms with Gasteiger partial charge in [0.15, 0.2) is 18.3 Å². The zero-order valence-corrected chi connectivity index (χ0v) is 26.8. The van der Waals surface area contributed by atoms with Crippen LogP contribution in [0.4, 0.5) is 0 Å². The maximum atomic E-state index is 13.6. The van der Waals surface area contributed by atoms with Crippen LogP contribution in [0.15, 0.2) is 157 Å². The highest BCUT2D eigenvalue weighted by atomic mass is 16.6. The van der Waals surface area contributed by atoms with Crippen LogP contribution >= 0.6 is 0 Å². The lowest BCUT2D eigenvalue weighted by atomic mass is 10.1. The molecule has 0 spiro atoms. The van der Waals surface area contributed by atoms with E-state index in [1.165, 1.54) is 24.3 Å². The van der Waals surface area contributed by atoms with Gasteiger partial charge >= 0.3 is 23.9 Å². The van der Waals surface area contributed by atoms with Gasteiger partial charge in [-0.1, -0.05) is 108 Å². The lowest BCUT2D eigenvalue weighted by Crippen LogP contribution is -2.48. The molecule has 50 heavy (non-hydrogen) atoms. The molecule has 0 aliphatic rings. The molecule has 10 nitrogen and oxygen atoms in total. The summed E-state index contributed by atoms with van der Waals surface area (Å²) >= 11 is 0. The standard InChI is InChI=1S/C40H33NO9/c42-37(30-18-8-2-9-19-30)46-28-35(49-39(44)32-22-12-4-13-23-32)36(50-40(45)33-24-14-5-15-25-33)34(48-38(43)31-20-10-3-11-21-31)26-41-47-27-29-16-6-1-7-17-29/h1-26,34-36H,27-28H2/b41-26-/t34-,35+,36-/m0/s1. The van der Waals surface area contributed by atoms with E-state index in [1.54, 1.807) is 97.1 Å². The minimum absolute atomic E-state index is 0.0757. The van der Waals surface area contributed by atoms with Crippen LogP contribution in [0.5, 0.6) is 0 Å². The molecule has 0 N–H and O–H groups in total. The number of carbonyl (C=O) groups excluding carboxylic acids is 4. The molecule has 10 heteroatoms. The highest BCUT2D eigenvalue weighted by Crippen LogP contribution is 2.20. The first-order valence-electron chi connectivity index (χ1n) is 15.7. The molecule has 0 saturated heterocycles. The Balaban J connectivity index is 1.51. The second-order valence-electron chi connectivity index (χ2n) is 10.8. The highest BCUT2D eigenvalue weighted by Gasteiger charge is 2.39. The number of esters is 4. The van der Waals surface area contributed by atoms with Gasteiger partial charge in [0.1, 0.15) is 13.2 Å². The zero-order valence-electron chi connectivity index (χ0n) is 26.8. The van der Waals surface area contributed by atoms with Gasteiger partial charge in [-0.25, -0.2) is 19.2 Å². The quantitative estimate of drug-likeness (QED) is 0.0516. The maximum absolute atomic E-state index is 13.6. The van der Waals surface area contributed by atoms with Gasteiger partial charge in [-0.15, -0.1) is 0 Å². The predicted molar refractivity (Wildman–Crippen MR) is 183 cm³/mol. The molecule has 5 rings (SSSR count). The van der Waals surface area contributed by atoms with E-state index in [9.17, 15) is 19.2 Å². The number of rotatable bonds is 15. The van der Waals surface area contributed by atoms with Crippen LogP contribution in [0.3, 0.4) is 0 Å². The fourth-order valence-corrected chi connectivity index (χ4v) is 4.65. The Bertz CT molecular complexity index is 1850. The van der Waals surface area contributed by atoms with Crippen LogP contribution in [0.1, 0.15) is 47.0 Å². The third kappa shape index (κ3) is 10.2. The first kappa shape index (κ1) is 34.8. The van der Waals surface area contributed by atoms with E-state index >= 15 is 0 Å². The summed E-state index contributed by atoms with van der Waals surface area (Å²) in [6.45, 7) is -0.511. The van der Waals surface area contributed by atoms with E-state index < -0.39 is 48.8 Å². The average Bonchev–Trinajstić information content (AvgIpc) is 3.18. The van der Waals surface area contributed by atoms with E-state index in [0.29, 0.717) is 0 Å². The van der Waals surface area contributed by atoms with Gasteiger partial charge < -0.3 is 23.8 Å². The molecule has 0 aliphatic carbocycles. The van der Waals surface area contributed by atoms with Crippen LogP contribution in [-0.2, 0) is 30.4 Å². The average molecular weight is 672 g/mol. The highest BCUT2D eigenvalue weighted by molar-refractivity contribution is 5.92. The minimum atomic E-state index is -1.59. The molecule has 5 aromatic carbocycles. The second-order valence-corrected chi connectivity index (χ2v) is 10.8. The van der Waals surface area contributed by atoms with E-state index in [4.69, 9.17) is 23.8 Å². The Kier molecular flexibility index (Phi) is 12.6. The number of hydrogen-bond acceptors (Lipinski definition) is 10. The molecule has 0 bridgehead atoms. The van der Waals surface area contributed by atoms with E-state index in [-0.39, 0.29) is 28.9 Å². The van der Waals surface area contributed by atoms with Crippen molar-refractivity contribution < 1.29 is 43.0 Å². The van der Waals surface area contributed by atoms with Crippen molar-refractivity contribution >= 4 is 30.1 Å². The Morgan fingerprint density at radius 3 is 1.38 bits per heavy atom. The van der Waals surface area contributed by atoms with Gasteiger partial charge in [-0.3, -0.25) is 0 Å². The monoisotopic (exact) mass is 671 g/mol. The smallest absolute Gasteiger partial charge is 0.338 e. The Hall–Kier alpha value is -6.55. The molecule has 0 saturated carbocycles. The third-order valence-electron chi connectivity index (χ3n) is 7.21. The van der Waals surface area contributed by atoms with E-state index in [2.05, 4.69) is 5.16 Å². The molecule has 0 amide bonds. The normalized spacial score (nSPS) is 12.6. The van der Waals surface area contributed by atoms with E-state index in [1.807, 2.05) is 30.3 Å². The Labute approximate surface area is 288 Å². The van der Waals surface area contributed by atoms with Crippen molar-refractivity contribution in [2.45, 2.75) is 24.9 Å². The van der Waals surface area contributed by atoms with Gasteiger partial charge in [0.05, 0.1) is 28.5 Å². The maximum Gasteiger partial charge on any atom is 0.338 e. The number of oxime groups is 1. The van der Waals surface area contributed by atoms with Gasteiger partial charge in [0, 0.05) is 0 Å². The molecule has 0 heterocycles. The van der Waals surface area contributed by atoms with E-state index in [0.717, 1.165) is 11.8 Å². The zero-order chi connectivity index (χ0) is 35.0. The van der Waals surface area contributed by atoms with Crippen LogP contribution in [-0.4, -0.2) is 55.0 Å². The van der Waals surface area contributed by atoms with Crippen molar-refractivity contribution in [2.24, 2.45) is 5.16 Å². The number of benzene rings is 5. The summed E-state index contributed by atoms with van der Waals surface area (Å²) in [5.41, 5.74) is 1.59. The molecule has 3 atom stereocenters. The van der Waals surface area contributed by atoms with Crippen molar-refractivity contribution in [1.29, 1.82) is 0 Å². The first-order valence-corrected chi connectivity index (χ1v) is 15.7. The minimum Gasteiger partial charge on any atom is -0.458 e. The molecule has 0 aliphatic heterocycles. The van der Waals surface area contributed by atoms with Crippen molar-refractivity contribution in [3.63, 3.8) is 0 Å². The number of carbonyl (C=O) groups is 4. The fourth-order valence-electron chi connectivity index (χ4n) is 4.65. The summed E-state index contributed by atoms with van der Waals surface area (Å²) in [5.74, 6) is -3.15. The Morgan fingerprint density at radius 2 is 0.900 bits per heavy atom. The van der Waals surface area contributed by atoms with Crippen LogP contribution < -0.4 is 0 Å². The second kappa shape index (κ2) is 18.1. The SMILES string of the molecule is O=C(OC[C@@H](OC(=O)c1ccccc1)[C@@H](OC(=O)c1ccccc1)[C@H](/C=N\OCc1ccccc1)OC(=O)c1ccccc1)c1ccccc1. The third-order valence-corrected chi connectivity index (χ3v) is 7.21. The summed E-state index contributed by atoms with van der Waals surface area (Å²) in [7, 11) is 0. The predicted octanol–water partition coefficient (Wildman–Crippen LogP) is 6.72. The van der Waals surface area contributed by atoms with Crippen LogP contribution in [0.25, 0.3) is 0 Å². The summed E-state index contributed by atoms with van der Waals surface area (Å²) in [5, 5.41) is 4.04. The first-order chi connectivity index (χ1) is 24.5. The number of hydrogen-bond donors (Lipinski definition) is 0. The lowest BCUT2D eigenvalue weighted by molar-refractivity contribution is -0.0863. The van der Waals surface area contributed by atoms with Gasteiger partial charge in [0.25, 0.3) is 0 Å². The molecular weight excluding hydrogens is 638 g/mol. The fraction of sp³-hybridized carbons (Fsp3) is 0.125. The molecule has 0 unspecified atom stereocenters. The van der Waals surface area contributed by atoms with Crippen molar-refractivity contribution in [3.8, 4) is 0 Å². The number of ether oxygens (including phenoxy) is 4.